The lowest BCUT2D eigenvalue weighted by Crippen LogP contribution is -2.32. The van der Waals surface area contributed by atoms with E-state index in [0.29, 0.717) is 22.4 Å². The number of amides is 1. The van der Waals surface area contributed by atoms with Gasteiger partial charge in [-0.05, 0) is 28.9 Å². The number of pyridine rings is 1. The van der Waals surface area contributed by atoms with E-state index in [1.165, 1.54) is 0 Å². The van der Waals surface area contributed by atoms with E-state index in [9.17, 15) is 4.79 Å². The van der Waals surface area contributed by atoms with Gasteiger partial charge in [-0.15, -0.1) is 0 Å². The molecule has 1 heterocycles. The van der Waals surface area contributed by atoms with Crippen molar-refractivity contribution in [3.63, 3.8) is 0 Å². The van der Waals surface area contributed by atoms with E-state index >= 15 is 0 Å². The number of hydrazine groups is 1. The van der Waals surface area contributed by atoms with Crippen LogP contribution in [-0.2, 0) is 4.74 Å². The molecule has 94 valence electrons. The number of hydrogen-bond acceptors (Lipinski definition) is 5. The number of aromatic nitrogens is 1. The number of carbonyl (C=O) groups excluding carboxylic acids is 1. The molecule has 0 aliphatic carbocycles. The summed E-state index contributed by atoms with van der Waals surface area (Å²) in [5, 5.41) is 2.73. The molecule has 0 spiro atoms. The van der Waals surface area contributed by atoms with Crippen molar-refractivity contribution in [1.82, 2.24) is 10.3 Å². The van der Waals surface area contributed by atoms with Crippen LogP contribution < -0.4 is 16.6 Å². The molecule has 1 rings (SSSR count). The Morgan fingerprint density at radius 1 is 1.71 bits per heavy atom. The average Bonchev–Trinajstić information content (AvgIpc) is 2.35. The number of nitrogen functional groups attached to an aromatic ring is 1. The molecule has 0 aliphatic heterocycles. The molecule has 1 atom stereocenters. The first-order valence-corrected chi connectivity index (χ1v) is 5.81. The highest BCUT2D eigenvalue weighted by Crippen LogP contribution is 2.17. The summed E-state index contributed by atoms with van der Waals surface area (Å²) in [6.07, 6.45) is 1.51. The van der Waals surface area contributed by atoms with Crippen LogP contribution in [0, 0.1) is 0 Å². The maximum absolute atomic E-state index is 11.9. The summed E-state index contributed by atoms with van der Waals surface area (Å²) in [6.45, 7) is 2.29. The zero-order valence-electron chi connectivity index (χ0n) is 9.66. The van der Waals surface area contributed by atoms with Crippen molar-refractivity contribution >= 4 is 27.7 Å². The largest absolute Gasteiger partial charge is 0.380 e. The van der Waals surface area contributed by atoms with E-state index in [4.69, 9.17) is 10.6 Å². The average molecular weight is 303 g/mol. The smallest absolute Gasteiger partial charge is 0.255 e. The van der Waals surface area contributed by atoms with Gasteiger partial charge < -0.3 is 15.5 Å². The van der Waals surface area contributed by atoms with Gasteiger partial charge in [0.25, 0.3) is 5.91 Å². The van der Waals surface area contributed by atoms with Gasteiger partial charge in [0.15, 0.2) is 5.82 Å². The van der Waals surface area contributed by atoms with E-state index in [0.717, 1.165) is 0 Å². The molecule has 0 aliphatic rings. The fraction of sp³-hybridized carbons (Fsp3) is 0.400. The highest BCUT2D eigenvalue weighted by molar-refractivity contribution is 9.10. The molecule has 0 bridgehead atoms. The predicted octanol–water partition coefficient (Wildman–Crippen LogP) is 0.894. The molecular formula is C10H15BrN4O2. The van der Waals surface area contributed by atoms with E-state index in [-0.39, 0.29) is 12.0 Å². The lowest BCUT2D eigenvalue weighted by atomic mass is 10.2. The third-order valence-corrected chi connectivity index (χ3v) is 2.62. The van der Waals surface area contributed by atoms with Crippen molar-refractivity contribution in [2.75, 3.05) is 19.1 Å². The summed E-state index contributed by atoms with van der Waals surface area (Å²) in [6, 6.07) is 1.65. The first-order valence-electron chi connectivity index (χ1n) is 5.01. The number of nitrogens with two attached hydrogens (primary N) is 1. The topological polar surface area (TPSA) is 89.3 Å². The Labute approximate surface area is 108 Å². The molecule has 0 fully saturated rings. The summed E-state index contributed by atoms with van der Waals surface area (Å²) < 4.78 is 5.75. The van der Waals surface area contributed by atoms with Crippen LogP contribution >= 0.6 is 15.9 Å². The minimum absolute atomic E-state index is 0.0478. The van der Waals surface area contributed by atoms with Crippen molar-refractivity contribution in [3.05, 3.63) is 22.3 Å². The highest BCUT2D eigenvalue weighted by atomic mass is 79.9. The molecule has 1 amide bonds. The van der Waals surface area contributed by atoms with Gasteiger partial charge in [-0.1, -0.05) is 0 Å². The molecule has 1 aromatic heterocycles. The minimum atomic E-state index is -0.254. The van der Waals surface area contributed by atoms with E-state index in [1.807, 2.05) is 6.92 Å². The number of carbonyl (C=O) groups is 1. The van der Waals surface area contributed by atoms with Gasteiger partial charge in [-0.2, -0.15) is 0 Å². The van der Waals surface area contributed by atoms with Gasteiger partial charge in [0, 0.05) is 24.3 Å². The second-order valence-corrected chi connectivity index (χ2v) is 4.37. The second-order valence-electron chi connectivity index (χ2n) is 3.45. The quantitative estimate of drug-likeness (QED) is 0.555. The number of halogens is 1. The number of nitrogens with one attached hydrogen (secondary N) is 2. The fourth-order valence-electron chi connectivity index (χ4n) is 1.14. The number of hydrogen-bond donors (Lipinski definition) is 3. The fourth-order valence-corrected chi connectivity index (χ4v) is 1.47. The molecule has 0 saturated heterocycles. The maximum Gasteiger partial charge on any atom is 0.255 e. The van der Waals surface area contributed by atoms with Crippen LogP contribution in [0.5, 0.6) is 0 Å². The van der Waals surface area contributed by atoms with Crippen molar-refractivity contribution in [2.45, 2.75) is 13.0 Å². The van der Waals surface area contributed by atoms with Gasteiger partial charge in [0.2, 0.25) is 0 Å². The van der Waals surface area contributed by atoms with Gasteiger partial charge in [-0.3, -0.25) is 4.79 Å². The zero-order chi connectivity index (χ0) is 12.8. The molecule has 7 heteroatoms. The van der Waals surface area contributed by atoms with Gasteiger partial charge in [0.05, 0.1) is 11.7 Å². The van der Waals surface area contributed by atoms with E-state index in [1.54, 1.807) is 19.4 Å². The first-order chi connectivity index (χ1) is 8.08. The molecule has 4 N–H and O–H groups in total. The Balaban J connectivity index is 2.77. The Bertz CT molecular complexity index is 400. The molecule has 0 saturated carbocycles. The Kier molecular flexibility index (Phi) is 5.33. The lowest BCUT2D eigenvalue weighted by Gasteiger charge is -2.12. The van der Waals surface area contributed by atoms with Crippen LogP contribution in [0.15, 0.2) is 16.7 Å². The van der Waals surface area contributed by atoms with Crippen molar-refractivity contribution < 1.29 is 9.53 Å². The summed E-state index contributed by atoms with van der Waals surface area (Å²) in [4.78, 5) is 15.9. The van der Waals surface area contributed by atoms with Crippen LogP contribution in [0.4, 0.5) is 5.82 Å². The van der Waals surface area contributed by atoms with E-state index < -0.39 is 0 Å². The Hall–Kier alpha value is -1.18. The number of methoxy groups -OCH3 is 1. The zero-order valence-corrected chi connectivity index (χ0v) is 11.2. The molecule has 1 unspecified atom stereocenters. The van der Waals surface area contributed by atoms with Crippen molar-refractivity contribution in [2.24, 2.45) is 5.84 Å². The van der Waals surface area contributed by atoms with E-state index in [2.05, 4.69) is 31.7 Å². The molecule has 6 nitrogen and oxygen atoms in total. The van der Waals surface area contributed by atoms with Crippen molar-refractivity contribution in [1.29, 1.82) is 0 Å². The summed E-state index contributed by atoms with van der Waals surface area (Å²) >= 11 is 3.25. The molecular weight excluding hydrogens is 288 g/mol. The second kappa shape index (κ2) is 6.53. The standard InChI is InChI=1S/C10H15BrN4O2/c1-6(17-2)4-14-10(16)8-3-7(11)5-13-9(8)15-12/h3,5-6H,4,12H2,1-2H3,(H,13,15)(H,14,16). The van der Waals surface area contributed by atoms with Crippen LogP contribution in [0.3, 0.4) is 0 Å². The Morgan fingerprint density at radius 2 is 2.41 bits per heavy atom. The summed E-state index contributed by atoms with van der Waals surface area (Å²) in [5.74, 6) is 5.36. The van der Waals surface area contributed by atoms with Crippen LogP contribution in [0.1, 0.15) is 17.3 Å². The van der Waals surface area contributed by atoms with Crippen LogP contribution in [0.2, 0.25) is 0 Å². The third kappa shape index (κ3) is 3.95. The molecule has 0 radical (unpaired) electrons. The van der Waals surface area contributed by atoms with Crippen molar-refractivity contribution in [3.8, 4) is 0 Å². The monoisotopic (exact) mass is 302 g/mol. The summed E-state index contributed by atoms with van der Waals surface area (Å²) in [5.41, 5.74) is 2.76. The van der Waals surface area contributed by atoms with Gasteiger partial charge >= 0.3 is 0 Å². The number of rotatable bonds is 5. The van der Waals surface area contributed by atoms with Gasteiger partial charge in [0.1, 0.15) is 0 Å². The van der Waals surface area contributed by atoms with Gasteiger partial charge in [-0.25, -0.2) is 10.8 Å². The highest BCUT2D eigenvalue weighted by Gasteiger charge is 2.13. The maximum atomic E-state index is 11.9. The molecule has 0 aromatic carbocycles. The van der Waals surface area contributed by atoms with Crippen LogP contribution in [-0.4, -0.2) is 30.6 Å². The number of nitrogens with zero attached hydrogens (tertiary/aromatic N) is 1. The SMILES string of the molecule is COC(C)CNC(=O)c1cc(Br)cnc1NN. The lowest BCUT2D eigenvalue weighted by molar-refractivity contribution is 0.0871. The first kappa shape index (κ1) is 13.9. The minimum Gasteiger partial charge on any atom is -0.380 e. The third-order valence-electron chi connectivity index (χ3n) is 2.19. The number of ether oxygens (including phenoxy) is 1. The molecule has 17 heavy (non-hydrogen) atoms. The molecule has 1 aromatic rings. The predicted molar refractivity (Wildman–Crippen MR) is 68.6 cm³/mol. The Morgan fingerprint density at radius 3 is 3.00 bits per heavy atom. The normalized spacial score (nSPS) is 12.0. The summed E-state index contributed by atoms with van der Waals surface area (Å²) in [7, 11) is 1.59. The number of anilines is 1. The van der Waals surface area contributed by atoms with Crippen LogP contribution in [0.25, 0.3) is 0 Å².